The number of aliphatic hydroxyl groups excluding tert-OH is 1. The van der Waals surface area contributed by atoms with Crippen LogP contribution < -0.4 is 15.2 Å². The molecule has 1 aromatic heterocycles. The van der Waals surface area contributed by atoms with Crippen molar-refractivity contribution in [2.24, 2.45) is 5.73 Å². The molecule has 6 heteroatoms. The maximum Gasteiger partial charge on any atom is 0.410 e. The third-order valence-corrected chi connectivity index (χ3v) is 1.27. The van der Waals surface area contributed by atoms with Crippen molar-refractivity contribution in [1.29, 1.82) is 0 Å². The molecule has 0 spiro atoms. The summed E-state index contributed by atoms with van der Waals surface area (Å²) in [5.74, 6) is 0.603. The van der Waals surface area contributed by atoms with Gasteiger partial charge in [-0.25, -0.2) is 4.79 Å². The molecule has 0 unspecified atom stereocenters. The molecule has 1 amide bonds. The maximum atomic E-state index is 10.4. The van der Waals surface area contributed by atoms with Gasteiger partial charge in [-0.2, -0.15) is 0 Å². The Bertz CT molecular complexity index is 316. The van der Waals surface area contributed by atoms with Crippen molar-refractivity contribution in [1.82, 2.24) is 4.98 Å². The number of primary amides is 1. The van der Waals surface area contributed by atoms with Crippen molar-refractivity contribution in [2.75, 3.05) is 13.2 Å². The van der Waals surface area contributed by atoms with Crippen molar-refractivity contribution in [3.63, 3.8) is 0 Å². The lowest BCUT2D eigenvalue weighted by atomic mass is 10.4. The van der Waals surface area contributed by atoms with Crippen LogP contribution in [0, 0.1) is 0 Å². The Hall–Kier alpha value is -1.82. The number of amides is 1. The van der Waals surface area contributed by atoms with Crippen LogP contribution in [0.5, 0.6) is 11.5 Å². The number of rotatable bonds is 4. The zero-order chi connectivity index (χ0) is 10.4. The largest absolute Gasteiger partial charge is 0.489 e. The number of carbonyl (C=O) groups is 1. The van der Waals surface area contributed by atoms with Gasteiger partial charge in [0.15, 0.2) is 5.75 Å². The molecular formula is C8H10N2O4. The standard InChI is InChI=1S/C8H10N2O4/c9-8(12)14-7-3-6(4-10-5-7)13-2-1-11/h3-5,11H,1-2H2,(H2,9,12). The van der Waals surface area contributed by atoms with Crippen molar-refractivity contribution >= 4 is 6.09 Å². The first-order chi connectivity index (χ1) is 6.72. The second-order valence-electron chi connectivity index (χ2n) is 2.35. The van der Waals surface area contributed by atoms with E-state index in [-0.39, 0.29) is 19.0 Å². The Labute approximate surface area is 80.3 Å². The highest BCUT2D eigenvalue weighted by atomic mass is 16.5. The lowest BCUT2D eigenvalue weighted by molar-refractivity contribution is 0.199. The van der Waals surface area contributed by atoms with Crippen molar-refractivity contribution in [2.45, 2.75) is 0 Å². The Morgan fingerprint density at radius 3 is 2.86 bits per heavy atom. The first kappa shape index (κ1) is 10.3. The molecule has 0 bridgehead atoms. The first-order valence-corrected chi connectivity index (χ1v) is 3.88. The van der Waals surface area contributed by atoms with E-state index in [0.29, 0.717) is 5.75 Å². The molecule has 0 saturated carbocycles. The minimum Gasteiger partial charge on any atom is -0.489 e. The molecular weight excluding hydrogens is 188 g/mol. The molecule has 1 aromatic rings. The van der Waals surface area contributed by atoms with Gasteiger partial charge >= 0.3 is 6.09 Å². The van der Waals surface area contributed by atoms with Crippen LogP contribution in [-0.2, 0) is 0 Å². The fourth-order valence-corrected chi connectivity index (χ4v) is 0.813. The van der Waals surface area contributed by atoms with Crippen LogP contribution >= 0.6 is 0 Å². The number of carbonyl (C=O) groups excluding carboxylic acids is 1. The van der Waals surface area contributed by atoms with Gasteiger partial charge in [-0.15, -0.1) is 0 Å². The molecule has 0 aliphatic carbocycles. The average molecular weight is 198 g/mol. The predicted octanol–water partition coefficient (Wildman–Crippen LogP) is -0.0898. The SMILES string of the molecule is NC(=O)Oc1cncc(OCCO)c1. The molecule has 14 heavy (non-hydrogen) atoms. The number of aromatic nitrogens is 1. The lowest BCUT2D eigenvalue weighted by Crippen LogP contribution is -2.16. The molecule has 1 rings (SSSR count). The summed E-state index contributed by atoms with van der Waals surface area (Å²) in [6.45, 7) is 0.0581. The van der Waals surface area contributed by atoms with Crippen LogP contribution in [0.2, 0.25) is 0 Å². The molecule has 0 aromatic carbocycles. The van der Waals surface area contributed by atoms with Crippen molar-refractivity contribution in [3.05, 3.63) is 18.5 Å². The summed E-state index contributed by atoms with van der Waals surface area (Å²) in [6, 6.07) is 1.45. The van der Waals surface area contributed by atoms with Crippen LogP contribution in [0.1, 0.15) is 0 Å². The van der Waals surface area contributed by atoms with Crippen LogP contribution in [0.4, 0.5) is 4.79 Å². The minimum absolute atomic E-state index is 0.0963. The quantitative estimate of drug-likeness (QED) is 0.705. The van der Waals surface area contributed by atoms with Gasteiger partial charge in [0, 0.05) is 6.07 Å². The van der Waals surface area contributed by atoms with Gasteiger partial charge in [0.1, 0.15) is 12.4 Å². The van der Waals surface area contributed by atoms with E-state index in [1.807, 2.05) is 0 Å². The molecule has 0 fully saturated rings. The van der Waals surface area contributed by atoms with E-state index in [0.717, 1.165) is 0 Å². The summed E-state index contributed by atoms with van der Waals surface area (Å²) >= 11 is 0. The molecule has 0 atom stereocenters. The molecule has 0 aliphatic rings. The summed E-state index contributed by atoms with van der Waals surface area (Å²) < 4.78 is 9.60. The number of nitrogens with two attached hydrogens (primary N) is 1. The fraction of sp³-hybridized carbons (Fsp3) is 0.250. The second-order valence-corrected chi connectivity index (χ2v) is 2.35. The number of pyridine rings is 1. The predicted molar refractivity (Wildman–Crippen MR) is 47.0 cm³/mol. The van der Waals surface area contributed by atoms with E-state index in [1.54, 1.807) is 0 Å². The number of ether oxygens (including phenoxy) is 2. The molecule has 3 N–H and O–H groups in total. The Morgan fingerprint density at radius 1 is 1.50 bits per heavy atom. The van der Waals surface area contributed by atoms with Gasteiger partial charge in [0.25, 0.3) is 0 Å². The third kappa shape index (κ3) is 3.28. The van der Waals surface area contributed by atoms with Gasteiger partial charge in [0.05, 0.1) is 19.0 Å². The highest BCUT2D eigenvalue weighted by molar-refractivity contribution is 5.68. The van der Waals surface area contributed by atoms with E-state index in [1.165, 1.54) is 18.5 Å². The lowest BCUT2D eigenvalue weighted by Gasteiger charge is -2.04. The molecule has 6 nitrogen and oxygen atoms in total. The zero-order valence-electron chi connectivity index (χ0n) is 7.34. The number of aliphatic hydroxyl groups is 1. The molecule has 1 heterocycles. The Kier molecular flexibility index (Phi) is 3.69. The van der Waals surface area contributed by atoms with Crippen LogP contribution in [0.3, 0.4) is 0 Å². The van der Waals surface area contributed by atoms with Crippen LogP contribution in [0.15, 0.2) is 18.5 Å². The smallest absolute Gasteiger partial charge is 0.410 e. The summed E-state index contributed by atoms with van der Waals surface area (Å²) in [7, 11) is 0. The molecule has 0 radical (unpaired) electrons. The highest BCUT2D eigenvalue weighted by Crippen LogP contribution is 2.16. The monoisotopic (exact) mass is 198 g/mol. The number of hydrogen-bond acceptors (Lipinski definition) is 5. The van der Waals surface area contributed by atoms with E-state index < -0.39 is 6.09 Å². The van der Waals surface area contributed by atoms with E-state index in [2.05, 4.69) is 9.72 Å². The van der Waals surface area contributed by atoms with E-state index in [4.69, 9.17) is 15.6 Å². The molecule has 0 saturated heterocycles. The summed E-state index contributed by atoms with van der Waals surface area (Å²) in [5, 5.41) is 8.49. The highest BCUT2D eigenvalue weighted by Gasteiger charge is 2.01. The number of hydrogen-bond donors (Lipinski definition) is 2. The van der Waals surface area contributed by atoms with Gasteiger partial charge in [0.2, 0.25) is 0 Å². The van der Waals surface area contributed by atoms with Gasteiger partial charge < -0.3 is 20.3 Å². The second kappa shape index (κ2) is 5.03. The van der Waals surface area contributed by atoms with Crippen molar-refractivity contribution in [3.8, 4) is 11.5 Å². The Morgan fingerprint density at radius 2 is 2.21 bits per heavy atom. The normalized spacial score (nSPS) is 9.50. The minimum atomic E-state index is -0.911. The van der Waals surface area contributed by atoms with Crippen LogP contribution in [-0.4, -0.2) is 29.4 Å². The molecule has 0 aliphatic heterocycles. The van der Waals surface area contributed by atoms with Gasteiger partial charge in [-0.3, -0.25) is 4.98 Å². The first-order valence-electron chi connectivity index (χ1n) is 3.88. The summed E-state index contributed by atoms with van der Waals surface area (Å²) in [5.41, 5.74) is 4.80. The van der Waals surface area contributed by atoms with E-state index in [9.17, 15) is 4.79 Å². The maximum absolute atomic E-state index is 10.4. The zero-order valence-corrected chi connectivity index (χ0v) is 7.34. The third-order valence-electron chi connectivity index (χ3n) is 1.27. The topological polar surface area (TPSA) is 94.7 Å². The number of nitrogens with zero attached hydrogens (tertiary/aromatic N) is 1. The van der Waals surface area contributed by atoms with Crippen LogP contribution in [0.25, 0.3) is 0 Å². The Balaban J connectivity index is 2.63. The summed E-state index contributed by atoms with van der Waals surface area (Å²) in [4.78, 5) is 14.1. The van der Waals surface area contributed by atoms with Crippen molar-refractivity contribution < 1.29 is 19.4 Å². The molecule has 76 valence electrons. The van der Waals surface area contributed by atoms with Gasteiger partial charge in [-0.1, -0.05) is 0 Å². The summed E-state index contributed by atoms with van der Waals surface area (Å²) in [6.07, 6.45) is 1.85. The van der Waals surface area contributed by atoms with Gasteiger partial charge in [-0.05, 0) is 0 Å². The fourth-order valence-electron chi connectivity index (χ4n) is 0.813. The average Bonchev–Trinajstić information content (AvgIpc) is 2.14. The van der Waals surface area contributed by atoms with E-state index >= 15 is 0 Å².